The average Bonchev–Trinajstić information content (AvgIpc) is 2.53. The summed E-state index contributed by atoms with van der Waals surface area (Å²) >= 11 is 5.82. The number of ether oxygens (including phenoxy) is 2. The van der Waals surface area contributed by atoms with Crippen molar-refractivity contribution in [1.29, 1.82) is 0 Å². The van der Waals surface area contributed by atoms with Crippen LogP contribution in [0.4, 0.5) is 5.69 Å². The highest BCUT2D eigenvalue weighted by atomic mass is 35.5. The molecular weight excluding hydrogens is 286 g/mol. The van der Waals surface area contributed by atoms with Gasteiger partial charge in [0, 0.05) is 18.1 Å². The van der Waals surface area contributed by atoms with Gasteiger partial charge in [-0.25, -0.2) is 0 Å². The Morgan fingerprint density at radius 1 is 1.00 bits per heavy atom. The van der Waals surface area contributed by atoms with Gasteiger partial charge in [-0.3, -0.25) is 0 Å². The van der Waals surface area contributed by atoms with Crippen LogP contribution >= 0.6 is 11.6 Å². The fourth-order valence-electron chi connectivity index (χ4n) is 1.96. The molecule has 0 amide bonds. The van der Waals surface area contributed by atoms with Gasteiger partial charge in [-0.05, 0) is 36.8 Å². The fourth-order valence-corrected chi connectivity index (χ4v) is 2.13. The second-order valence-corrected chi connectivity index (χ2v) is 4.76. The topological polar surface area (TPSA) is 30.5 Å². The maximum atomic E-state index is 5.82. The van der Waals surface area contributed by atoms with E-state index < -0.39 is 0 Å². The number of halogens is 1. The van der Waals surface area contributed by atoms with Crippen molar-refractivity contribution in [3.05, 3.63) is 54.1 Å². The van der Waals surface area contributed by atoms with Crippen molar-refractivity contribution in [2.45, 2.75) is 12.8 Å². The monoisotopic (exact) mass is 305 g/mol. The molecule has 0 radical (unpaired) electrons. The first-order chi connectivity index (χ1) is 10.3. The van der Waals surface area contributed by atoms with E-state index in [-0.39, 0.29) is 0 Å². The first kappa shape index (κ1) is 15.5. The summed E-state index contributed by atoms with van der Waals surface area (Å²) in [7, 11) is 0. The molecule has 0 spiro atoms. The van der Waals surface area contributed by atoms with Gasteiger partial charge in [-0.15, -0.1) is 11.6 Å². The quantitative estimate of drug-likeness (QED) is 0.582. The summed E-state index contributed by atoms with van der Waals surface area (Å²) in [6.07, 6.45) is 0. The minimum atomic E-state index is 0.522. The van der Waals surface area contributed by atoms with E-state index in [4.69, 9.17) is 21.1 Å². The van der Waals surface area contributed by atoms with Crippen LogP contribution in [-0.2, 0) is 5.88 Å². The third kappa shape index (κ3) is 4.87. The van der Waals surface area contributed by atoms with E-state index in [0.717, 1.165) is 22.7 Å². The lowest BCUT2D eigenvalue weighted by atomic mass is 10.2. The Morgan fingerprint density at radius 2 is 1.76 bits per heavy atom. The van der Waals surface area contributed by atoms with Gasteiger partial charge in [0.25, 0.3) is 0 Å². The molecule has 0 atom stereocenters. The third-order valence-electron chi connectivity index (χ3n) is 2.92. The van der Waals surface area contributed by atoms with Crippen LogP contribution in [0, 0.1) is 0 Å². The largest absolute Gasteiger partial charge is 0.490 e. The van der Waals surface area contributed by atoms with Crippen LogP contribution in [0.5, 0.6) is 11.5 Å². The summed E-state index contributed by atoms with van der Waals surface area (Å²) in [5.41, 5.74) is 2.15. The molecule has 0 unspecified atom stereocenters. The Bertz CT molecular complexity index is 560. The second-order valence-electron chi connectivity index (χ2n) is 4.49. The first-order valence-corrected chi connectivity index (χ1v) is 7.60. The summed E-state index contributed by atoms with van der Waals surface area (Å²) in [6.45, 7) is 3.87. The Labute approximate surface area is 130 Å². The Balaban J connectivity index is 1.81. The van der Waals surface area contributed by atoms with Crippen molar-refractivity contribution >= 4 is 17.3 Å². The number of para-hydroxylation sites is 2. The summed E-state index contributed by atoms with van der Waals surface area (Å²) < 4.78 is 11.3. The molecule has 3 nitrogen and oxygen atoms in total. The zero-order valence-electron chi connectivity index (χ0n) is 12.1. The van der Waals surface area contributed by atoms with Crippen LogP contribution < -0.4 is 14.8 Å². The lowest BCUT2D eigenvalue weighted by Gasteiger charge is -2.12. The molecule has 0 saturated carbocycles. The Kier molecular flexibility index (Phi) is 6.22. The van der Waals surface area contributed by atoms with Crippen LogP contribution in [0.2, 0.25) is 0 Å². The van der Waals surface area contributed by atoms with E-state index in [1.807, 2.05) is 55.5 Å². The molecule has 4 heteroatoms. The minimum absolute atomic E-state index is 0.522. The third-order valence-corrected chi connectivity index (χ3v) is 3.23. The first-order valence-electron chi connectivity index (χ1n) is 7.07. The number of anilines is 1. The highest BCUT2D eigenvalue weighted by Crippen LogP contribution is 2.26. The van der Waals surface area contributed by atoms with E-state index in [9.17, 15) is 0 Å². The van der Waals surface area contributed by atoms with Crippen LogP contribution in [0.25, 0.3) is 0 Å². The molecule has 112 valence electrons. The number of hydrogen-bond donors (Lipinski definition) is 1. The zero-order valence-corrected chi connectivity index (χ0v) is 12.9. The molecule has 2 rings (SSSR count). The molecular formula is C17H20ClNO2. The van der Waals surface area contributed by atoms with Gasteiger partial charge in [0.05, 0.1) is 6.61 Å². The average molecular weight is 306 g/mol. The van der Waals surface area contributed by atoms with Crippen molar-refractivity contribution in [3.63, 3.8) is 0 Å². The van der Waals surface area contributed by atoms with Gasteiger partial charge >= 0.3 is 0 Å². The van der Waals surface area contributed by atoms with E-state index in [0.29, 0.717) is 25.6 Å². The molecule has 21 heavy (non-hydrogen) atoms. The zero-order chi connectivity index (χ0) is 14.9. The second kappa shape index (κ2) is 8.42. The molecule has 0 bridgehead atoms. The van der Waals surface area contributed by atoms with Gasteiger partial charge < -0.3 is 14.8 Å². The SMILES string of the molecule is CCOc1ccccc1OCCNc1cccc(CCl)c1. The van der Waals surface area contributed by atoms with Crippen LogP contribution in [0.15, 0.2) is 48.5 Å². The van der Waals surface area contributed by atoms with Crippen LogP contribution in [-0.4, -0.2) is 19.8 Å². The number of benzene rings is 2. The molecule has 0 aromatic heterocycles. The van der Waals surface area contributed by atoms with Gasteiger partial charge in [0.2, 0.25) is 0 Å². The lowest BCUT2D eigenvalue weighted by Crippen LogP contribution is -2.12. The van der Waals surface area contributed by atoms with Gasteiger partial charge in [-0.1, -0.05) is 24.3 Å². The molecule has 0 aliphatic carbocycles. The Morgan fingerprint density at radius 3 is 2.48 bits per heavy atom. The van der Waals surface area contributed by atoms with Crippen LogP contribution in [0.1, 0.15) is 12.5 Å². The summed E-state index contributed by atoms with van der Waals surface area (Å²) in [5, 5.41) is 3.32. The number of rotatable bonds is 8. The van der Waals surface area contributed by atoms with E-state index in [1.54, 1.807) is 0 Å². The predicted octanol–water partition coefficient (Wildman–Crippen LogP) is 4.32. The predicted molar refractivity (Wildman–Crippen MR) is 87.6 cm³/mol. The molecule has 0 fully saturated rings. The summed E-state index contributed by atoms with van der Waals surface area (Å²) in [5.74, 6) is 2.08. The molecule has 2 aromatic carbocycles. The highest BCUT2D eigenvalue weighted by molar-refractivity contribution is 6.17. The molecule has 0 saturated heterocycles. The molecule has 0 heterocycles. The molecule has 0 aliphatic rings. The van der Waals surface area contributed by atoms with Crippen molar-refractivity contribution in [2.24, 2.45) is 0 Å². The lowest BCUT2D eigenvalue weighted by molar-refractivity contribution is 0.284. The fraction of sp³-hybridized carbons (Fsp3) is 0.294. The molecule has 1 N–H and O–H groups in total. The van der Waals surface area contributed by atoms with Gasteiger partial charge in [0.1, 0.15) is 6.61 Å². The number of hydrogen-bond acceptors (Lipinski definition) is 3. The normalized spacial score (nSPS) is 10.2. The number of alkyl halides is 1. The van der Waals surface area contributed by atoms with Gasteiger partial charge in [0.15, 0.2) is 11.5 Å². The smallest absolute Gasteiger partial charge is 0.161 e. The number of nitrogens with one attached hydrogen (secondary N) is 1. The highest BCUT2D eigenvalue weighted by Gasteiger charge is 2.02. The molecule has 2 aromatic rings. The van der Waals surface area contributed by atoms with Crippen molar-refractivity contribution < 1.29 is 9.47 Å². The van der Waals surface area contributed by atoms with E-state index in [1.165, 1.54) is 0 Å². The Hall–Kier alpha value is -1.87. The van der Waals surface area contributed by atoms with Crippen LogP contribution in [0.3, 0.4) is 0 Å². The van der Waals surface area contributed by atoms with Crippen molar-refractivity contribution in [2.75, 3.05) is 25.1 Å². The van der Waals surface area contributed by atoms with Crippen molar-refractivity contribution in [3.8, 4) is 11.5 Å². The van der Waals surface area contributed by atoms with E-state index in [2.05, 4.69) is 5.32 Å². The maximum absolute atomic E-state index is 5.82. The van der Waals surface area contributed by atoms with Crippen molar-refractivity contribution in [1.82, 2.24) is 0 Å². The standard InChI is InChI=1S/C17H20ClNO2/c1-2-20-16-8-3-4-9-17(16)21-11-10-19-15-7-5-6-14(12-15)13-18/h3-9,12,19H,2,10-11,13H2,1H3. The summed E-state index contributed by atoms with van der Waals surface area (Å²) in [4.78, 5) is 0. The summed E-state index contributed by atoms with van der Waals surface area (Å²) in [6, 6.07) is 15.8. The van der Waals surface area contributed by atoms with E-state index >= 15 is 0 Å². The maximum Gasteiger partial charge on any atom is 0.161 e. The minimum Gasteiger partial charge on any atom is -0.490 e. The van der Waals surface area contributed by atoms with Gasteiger partial charge in [-0.2, -0.15) is 0 Å². The molecule has 0 aliphatic heterocycles.